The number of carbonyl (C=O) groups excluding carboxylic acids is 1. The Balaban J connectivity index is 2.80. The van der Waals surface area contributed by atoms with Gasteiger partial charge in [-0.15, -0.1) is 0 Å². The molecule has 0 saturated carbocycles. The van der Waals surface area contributed by atoms with Gasteiger partial charge in [0.2, 0.25) is 0 Å². The molecule has 0 bridgehead atoms. The molecular weight excluding hydrogens is 204 g/mol. The molecule has 1 aromatic rings. The summed E-state index contributed by atoms with van der Waals surface area (Å²) < 4.78 is 1.71. The maximum absolute atomic E-state index is 11.8. The minimum Gasteiger partial charge on any atom is -0.382 e. The van der Waals surface area contributed by atoms with Crippen LogP contribution in [0.2, 0.25) is 0 Å². The normalized spacial score (nSPS) is 14.8. The fourth-order valence-corrected chi connectivity index (χ4v) is 1.46. The van der Waals surface area contributed by atoms with Crippen molar-refractivity contribution in [3.63, 3.8) is 0 Å². The van der Waals surface area contributed by atoms with Crippen LogP contribution in [0.5, 0.6) is 0 Å². The molecule has 0 spiro atoms. The van der Waals surface area contributed by atoms with Gasteiger partial charge in [0.25, 0.3) is 0 Å². The van der Waals surface area contributed by atoms with E-state index in [-0.39, 0.29) is 12.2 Å². The van der Waals surface area contributed by atoms with Crippen LogP contribution in [0, 0.1) is 0 Å². The van der Waals surface area contributed by atoms with E-state index in [1.165, 1.54) is 0 Å². The van der Waals surface area contributed by atoms with Crippen LogP contribution < -0.4 is 0 Å². The zero-order valence-electron chi connectivity index (χ0n) is 10.4. The second-order valence-electron chi connectivity index (χ2n) is 4.33. The highest BCUT2D eigenvalue weighted by Crippen LogP contribution is 2.14. The quantitative estimate of drug-likeness (QED) is 0.819. The van der Waals surface area contributed by atoms with Crippen molar-refractivity contribution >= 4 is 5.78 Å². The Labute approximate surface area is 96.3 Å². The molecule has 4 heteroatoms. The Bertz CT molecular complexity index is 380. The molecule has 1 N–H and O–H groups in total. The number of aromatic nitrogens is 2. The topological polar surface area (TPSA) is 55.1 Å². The fraction of sp³-hybridized carbons (Fsp3) is 0.667. The summed E-state index contributed by atoms with van der Waals surface area (Å²) in [7, 11) is 1.82. The summed E-state index contributed by atoms with van der Waals surface area (Å²) in [5.41, 5.74) is 0.605. The summed E-state index contributed by atoms with van der Waals surface area (Å²) in [5.74, 6) is -0.152. The summed E-state index contributed by atoms with van der Waals surface area (Å²) in [6.45, 7) is 5.39. The van der Waals surface area contributed by atoms with Gasteiger partial charge in [-0.25, -0.2) is 0 Å². The van der Waals surface area contributed by atoms with Crippen molar-refractivity contribution in [2.45, 2.75) is 45.6 Å². The predicted octanol–water partition coefficient (Wildman–Crippen LogP) is 1.26. The monoisotopic (exact) mass is 224 g/mol. The number of nitrogens with zero attached hydrogens (tertiary/aromatic N) is 2. The molecule has 0 aliphatic rings. The molecule has 0 amide bonds. The van der Waals surface area contributed by atoms with Crippen LogP contribution in [0.25, 0.3) is 0 Å². The minimum absolute atomic E-state index is 0.152. The zero-order valence-corrected chi connectivity index (χ0v) is 10.4. The van der Waals surface area contributed by atoms with Crippen LogP contribution in [-0.2, 0) is 24.7 Å². The summed E-state index contributed by atoms with van der Waals surface area (Å²) in [6.07, 6.45) is 1.53. The molecule has 1 atom stereocenters. The van der Waals surface area contributed by atoms with E-state index in [9.17, 15) is 9.90 Å². The number of aliphatic hydroxyl groups is 1. The first-order valence-electron chi connectivity index (χ1n) is 5.68. The zero-order chi connectivity index (χ0) is 12.3. The van der Waals surface area contributed by atoms with Crippen LogP contribution in [0.15, 0.2) is 6.07 Å². The van der Waals surface area contributed by atoms with Crippen LogP contribution in [-0.4, -0.2) is 26.3 Å². The van der Waals surface area contributed by atoms with Gasteiger partial charge >= 0.3 is 0 Å². The van der Waals surface area contributed by atoms with Gasteiger partial charge in [-0.3, -0.25) is 9.48 Å². The standard InChI is InChI=1S/C12H20N2O2/c1-5-9-7-10(14(4)13-9)8-11(15)12(3,16)6-2/h7,16H,5-6,8H2,1-4H3. The van der Waals surface area contributed by atoms with Crippen molar-refractivity contribution in [1.29, 1.82) is 0 Å². The third-order valence-electron chi connectivity index (χ3n) is 3.02. The SMILES string of the molecule is CCc1cc(CC(=O)C(C)(O)CC)n(C)n1. The Hall–Kier alpha value is -1.16. The van der Waals surface area contributed by atoms with Crippen LogP contribution in [0.4, 0.5) is 0 Å². The average Bonchev–Trinajstić information content (AvgIpc) is 2.59. The molecule has 0 saturated heterocycles. The molecule has 1 rings (SSSR count). The van der Waals surface area contributed by atoms with Gasteiger partial charge in [0.05, 0.1) is 12.1 Å². The first-order chi connectivity index (χ1) is 7.40. The van der Waals surface area contributed by atoms with Crippen molar-refractivity contribution in [1.82, 2.24) is 9.78 Å². The number of hydrogen-bond acceptors (Lipinski definition) is 3. The number of hydrogen-bond donors (Lipinski definition) is 1. The molecule has 1 aromatic heterocycles. The summed E-state index contributed by atoms with van der Waals surface area (Å²) in [6, 6.07) is 1.92. The van der Waals surface area contributed by atoms with Crippen LogP contribution >= 0.6 is 0 Å². The van der Waals surface area contributed by atoms with Gasteiger partial charge in [0.15, 0.2) is 5.78 Å². The lowest BCUT2D eigenvalue weighted by Gasteiger charge is -2.19. The molecule has 4 nitrogen and oxygen atoms in total. The van der Waals surface area contributed by atoms with Crippen LogP contribution in [0.3, 0.4) is 0 Å². The minimum atomic E-state index is -1.23. The summed E-state index contributed by atoms with van der Waals surface area (Å²) in [4.78, 5) is 11.8. The Morgan fingerprint density at radius 3 is 2.62 bits per heavy atom. The molecule has 16 heavy (non-hydrogen) atoms. The van der Waals surface area contributed by atoms with Gasteiger partial charge in [-0.1, -0.05) is 13.8 Å². The fourth-order valence-electron chi connectivity index (χ4n) is 1.46. The van der Waals surface area contributed by atoms with Crippen molar-refractivity contribution in [2.24, 2.45) is 7.05 Å². The average molecular weight is 224 g/mol. The number of rotatable bonds is 5. The van der Waals surface area contributed by atoms with Gasteiger partial charge in [0, 0.05) is 12.7 Å². The highest BCUT2D eigenvalue weighted by atomic mass is 16.3. The Morgan fingerprint density at radius 1 is 1.56 bits per heavy atom. The molecule has 1 unspecified atom stereocenters. The number of Topliss-reactive ketones (excluding diaryl/α,β-unsaturated/α-hetero) is 1. The lowest BCUT2D eigenvalue weighted by molar-refractivity contribution is -0.135. The predicted molar refractivity (Wildman–Crippen MR) is 62.2 cm³/mol. The van der Waals surface area contributed by atoms with E-state index in [1.54, 1.807) is 18.5 Å². The molecule has 90 valence electrons. The number of aryl methyl sites for hydroxylation is 2. The molecule has 1 heterocycles. The van der Waals surface area contributed by atoms with E-state index in [2.05, 4.69) is 5.10 Å². The highest BCUT2D eigenvalue weighted by Gasteiger charge is 2.28. The van der Waals surface area contributed by atoms with Gasteiger partial charge < -0.3 is 5.11 Å². The van der Waals surface area contributed by atoms with E-state index in [1.807, 2.05) is 20.0 Å². The van der Waals surface area contributed by atoms with E-state index in [0.29, 0.717) is 6.42 Å². The lowest BCUT2D eigenvalue weighted by Crippen LogP contribution is -2.35. The maximum atomic E-state index is 11.8. The second kappa shape index (κ2) is 4.78. The van der Waals surface area contributed by atoms with E-state index in [4.69, 9.17) is 0 Å². The first kappa shape index (κ1) is 12.9. The smallest absolute Gasteiger partial charge is 0.169 e. The van der Waals surface area contributed by atoms with E-state index in [0.717, 1.165) is 17.8 Å². The highest BCUT2D eigenvalue weighted by molar-refractivity contribution is 5.88. The van der Waals surface area contributed by atoms with Crippen molar-refractivity contribution < 1.29 is 9.90 Å². The van der Waals surface area contributed by atoms with E-state index < -0.39 is 5.60 Å². The van der Waals surface area contributed by atoms with Gasteiger partial charge in [-0.05, 0) is 25.8 Å². The molecule has 0 radical (unpaired) electrons. The third kappa shape index (κ3) is 2.70. The van der Waals surface area contributed by atoms with Gasteiger partial charge in [-0.2, -0.15) is 5.10 Å². The lowest BCUT2D eigenvalue weighted by atomic mass is 9.94. The summed E-state index contributed by atoms with van der Waals surface area (Å²) >= 11 is 0. The van der Waals surface area contributed by atoms with Crippen molar-refractivity contribution in [3.05, 3.63) is 17.5 Å². The maximum Gasteiger partial charge on any atom is 0.169 e. The Morgan fingerprint density at radius 2 is 2.19 bits per heavy atom. The molecule has 0 aliphatic carbocycles. The molecule has 0 aromatic carbocycles. The third-order valence-corrected chi connectivity index (χ3v) is 3.02. The van der Waals surface area contributed by atoms with Crippen molar-refractivity contribution in [3.8, 4) is 0 Å². The number of carbonyl (C=O) groups is 1. The first-order valence-corrected chi connectivity index (χ1v) is 5.68. The van der Waals surface area contributed by atoms with Crippen LogP contribution in [0.1, 0.15) is 38.6 Å². The molecular formula is C12H20N2O2. The van der Waals surface area contributed by atoms with E-state index >= 15 is 0 Å². The van der Waals surface area contributed by atoms with Crippen molar-refractivity contribution in [2.75, 3.05) is 0 Å². The second-order valence-corrected chi connectivity index (χ2v) is 4.33. The molecule has 0 aliphatic heterocycles. The Kier molecular flexibility index (Phi) is 3.86. The van der Waals surface area contributed by atoms with Gasteiger partial charge in [0.1, 0.15) is 5.60 Å². The molecule has 0 fully saturated rings. The summed E-state index contributed by atoms with van der Waals surface area (Å²) in [5, 5.41) is 14.1. The largest absolute Gasteiger partial charge is 0.382 e. The number of ketones is 1.